The molecule has 0 aliphatic carbocycles. The first-order valence-electron chi connectivity index (χ1n) is 9.40. The molecule has 31 heavy (non-hydrogen) atoms. The van der Waals surface area contributed by atoms with Crippen LogP contribution in [-0.2, 0) is 16.8 Å². The van der Waals surface area contributed by atoms with Crippen LogP contribution in [0.4, 0.5) is 18.9 Å². The summed E-state index contributed by atoms with van der Waals surface area (Å²) in [6, 6.07) is 2.83. The minimum atomic E-state index is -4.58. The molecule has 0 N–H and O–H groups in total. The third kappa shape index (κ3) is 5.32. The number of ether oxygens (including phenoxy) is 2. The third-order valence-electron chi connectivity index (χ3n) is 4.73. The van der Waals surface area contributed by atoms with Gasteiger partial charge in [-0.15, -0.1) is 0 Å². The quantitative estimate of drug-likeness (QED) is 0.568. The standard InChI is InChI=1S/C19H21ClF3N3O4S/c1-26-18(30-11-19(21,22)23)13(10-24-26)17(27)12-6-7-14(29-2)16(15(12)20)25-31(28)8-4-3-5-9-31/h6-7,10H,3-5,8-9,11H2,1-2H3. The molecule has 12 heteroatoms. The lowest BCUT2D eigenvalue weighted by atomic mass is 10.0. The molecule has 1 saturated heterocycles. The van der Waals surface area contributed by atoms with E-state index < -0.39 is 28.3 Å². The van der Waals surface area contributed by atoms with Crippen LogP contribution < -0.4 is 9.47 Å². The summed E-state index contributed by atoms with van der Waals surface area (Å²) in [6.07, 6.45) is -0.961. The molecule has 0 saturated carbocycles. The average Bonchev–Trinajstić information content (AvgIpc) is 3.07. The van der Waals surface area contributed by atoms with Crippen LogP contribution in [0.25, 0.3) is 0 Å². The SMILES string of the molecule is COc1ccc(C(=O)c2cnn(C)c2OCC(F)(F)F)c(Cl)c1N=S1(=O)CCCCC1. The first-order chi connectivity index (χ1) is 14.5. The fourth-order valence-corrected chi connectivity index (χ4v) is 5.76. The van der Waals surface area contributed by atoms with Gasteiger partial charge in [0.2, 0.25) is 11.7 Å². The highest BCUT2D eigenvalue weighted by Gasteiger charge is 2.31. The second-order valence-electron chi connectivity index (χ2n) is 7.03. The van der Waals surface area contributed by atoms with E-state index in [-0.39, 0.29) is 33.5 Å². The molecule has 0 spiro atoms. The van der Waals surface area contributed by atoms with Crippen molar-refractivity contribution in [3.8, 4) is 11.6 Å². The van der Waals surface area contributed by atoms with Gasteiger partial charge in [0.15, 0.2) is 6.61 Å². The van der Waals surface area contributed by atoms with Crippen LogP contribution in [0.2, 0.25) is 5.02 Å². The zero-order valence-electron chi connectivity index (χ0n) is 16.9. The highest BCUT2D eigenvalue weighted by molar-refractivity contribution is 7.93. The van der Waals surface area contributed by atoms with Gasteiger partial charge in [0.1, 0.15) is 17.0 Å². The Morgan fingerprint density at radius 1 is 1.26 bits per heavy atom. The van der Waals surface area contributed by atoms with Crippen molar-refractivity contribution >= 4 is 32.8 Å². The Morgan fingerprint density at radius 3 is 2.55 bits per heavy atom. The molecule has 0 atom stereocenters. The van der Waals surface area contributed by atoms with Crippen LogP contribution in [-0.4, -0.2) is 51.2 Å². The number of aromatic nitrogens is 2. The van der Waals surface area contributed by atoms with Gasteiger partial charge in [0.25, 0.3) is 0 Å². The second kappa shape index (κ2) is 9.07. The van der Waals surface area contributed by atoms with Crippen LogP contribution in [0.5, 0.6) is 11.6 Å². The maximum atomic E-state index is 13.1. The second-order valence-corrected chi connectivity index (χ2v) is 9.95. The topological polar surface area (TPSA) is 82.8 Å². The molecular weight excluding hydrogens is 459 g/mol. The Morgan fingerprint density at radius 2 is 1.94 bits per heavy atom. The van der Waals surface area contributed by atoms with E-state index >= 15 is 0 Å². The monoisotopic (exact) mass is 479 g/mol. The van der Waals surface area contributed by atoms with Crippen LogP contribution in [0, 0.1) is 0 Å². The van der Waals surface area contributed by atoms with E-state index in [9.17, 15) is 22.2 Å². The molecule has 2 aromatic rings. The van der Waals surface area contributed by atoms with E-state index in [0.717, 1.165) is 30.1 Å². The first kappa shape index (κ1) is 23.4. The molecule has 0 amide bonds. The van der Waals surface area contributed by atoms with E-state index in [4.69, 9.17) is 21.1 Å². The zero-order chi connectivity index (χ0) is 22.8. The number of ketones is 1. The summed E-state index contributed by atoms with van der Waals surface area (Å²) in [5.41, 5.74) is -0.139. The Kier molecular flexibility index (Phi) is 6.85. The highest BCUT2D eigenvalue weighted by atomic mass is 35.5. The van der Waals surface area contributed by atoms with Gasteiger partial charge in [-0.2, -0.15) is 22.6 Å². The number of rotatable bonds is 6. The van der Waals surface area contributed by atoms with Crippen molar-refractivity contribution in [2.24, 2.45) is 11.4 Å². The molecule has 1 fully saturated rings. The van der Waals surface area contributed by atoms with Gasteiger partial charge in [-0.25, -0.2) is 8.89 Å². The van der Waals surface area contributed by atoms with Gasteiger partial charge in [0, 0.05) is 24.1 Å². The van der Waals surface area contributed by atoms with Crippen molar-refractivity contribution in [3.63, 3.8) is 0 Å². The Balaban J connectivity index is 2.04. The van der Waals surface area contributed by atoms with E-state index in [2.05, 4.69) is 9.46 Å². The fraction of sp³-hybridized carbons (Fsp3) is 0.474. The lowest BCUT2D eigenvalue weighted by molar-refractivity contribution is -0.154. The number of alkyl halides is 3. The molecule has 1 aromatic heterocycles. The number of nitrogens with zero attached hydrogens (tertiary/aromatic N) is 3. The van der Waals surface area contributed by atoms with Gasteiger partial charge in [0.05, 0.1) is 28.1 Å². The van der Waals surface area contributed by atoms with Gasteiger partial charge >= 0.3 is 6.18 Å². The van der Waals surface area contributed by atoms with Crippen LogP contribution in [0.3, 0.4) is 0 Å². The summed E-state index contributed by atoms with van der Waals surface area (Å²) in [5, 5.41) is 3.73. The smallest absolute Gasteiger partial charge is 0.422 e. The number of halogens is 4. The number of hydrogen-bond donors (Lipinski definition) is 0. The van der Waals surface area contributed by atoms with Crippen molar-refractivity contribution in [1.29, 1.82) is 0 Å². The Hall–Kier alpha value is -2.27. The van der Waals surface area contributed by atoms with Crippen molar-refractivity contribution in [1.82, 2.24) is 9.78 Å². The minimum Gasteiger partial charge on any atom is -0.494 e. The maximum Gasteiger partial charge on any atom is 0.422 e. The normalized spacial score (nSPS) is 16.1. The summed E-state index contributed by atoms with van der Waals surface area (Å²) < 4.78 is 66.3. The predicted molar refractivity (Wildman–Crippen MR) is 110 cm³/mol. The number of carbonyl (C=O) groups excluding carboxylic acids is 1. The minimum absolute atomic E-state index is 0.0371. The van der Waals surface area contributed by atoms with Gasteiger partial charge in [-0.05, 0) is 25.0 Å². The van der Waals surface area contributed by atoms with Crippen LogP contribution in [0.15, 0.2) is 22.7 Å². The summed E-state index contributed by atoms with van der Waals surface area (Å²) in [4.78, 5) is 13.1. The number of benzene rings is 1. The zero-order valence-corrected chi connectivity index (χ0v) is 18.4. The largest absolute Gasteiger partial charge is 0.494 e. The number of methoxy groups -OCH3 is 1. The summed E-state index contributed by atoms with van der Waals surface area (Å²) in [7, 11) is 0.195. The molecule has 7 nitrogen and oxygen atoms in total. The summed E-state index contributed by atoms with van der Waals surface area (Å²) in [5.74, 6) is 0.0409. The van der Waals surface area contributed by atoms with Crippen molar-refractivity contribution in [3.05, 3.63) is 34.5 Å². The van der Waals surface area contributed by atoms with E-state index in [1.807, 2.05) is 0 Å². The molecule has 0 bridgehead atoms. The highest BCUT2D eigenvalue weighted by Crippen LogP contribution is 2.40. The molecule has 2 heterocycles. The lowest BCUT2D eigenvalue weighted by Crippen LogP contribution is -2.21. The predicted octanol–water partition coefficient (Wildman–Crippen LogP) is 4.54. The lowest BCUT2D eigenvalue weighted by Gasteiger charge is -2.17. The molecule has 1 aromatic carbocycles. The fourth-order valence-electron chi connectivity index (χ4n) is 3.21. The molecular formula is C19H21ClF3N3O4S. The van der Waals surface area contributed by atoms with Crippen molar-refractivity contribution in [2.75, 3.05) is 25.2 Å². The molecule has 1 aliphatic heterocycles. The molecule has 1 aliphatic rings. The number of carbonyl (C=O) groups is 1. The van der Waals surface area contributed by atoms with Gasteiger partial charge in [-0.1, -0.05) is 18.0 Å². The van der Waals surface area contributed by atoms with Crippen molar-refractivity contribution < 1.29 is 31.6 Å². The molecule has 0 radical (unpaired) electrons. The Labute approximate surface area is 182 Å². The van der Waals surface area contributed by atoms with E-state index in [0.29, 0.717) is 11.5 Å². The number of hydrogen-bond acceptors (Lipinski definition) is 6. The molecule has 3 rings (SSSR count). The van der Waals surface area contributed by atoms with Crippen molar-refractivity contribution in [2.45, 2.75) is 25.4 Å². The molecule has 170 valence electrons. The van der Waals surface area contributed by atoms with Gasteiger partial charge < -0.3 is 9.47 Å². The van der Waals surface area contributed by atoms with E-state index in [1.54, 1.807) is 0 Å². The third-order valence-corrected chi connectivity index (χ3v) is 7.48. The van der Waals surface area contributed by atoms with E-state index in [1.165, 1.54) is 26.3 Å². The maximum absolute atomic E-state index is 13.1. The Bertz CT molecular complexity index is 1100. The number of aryl methyl sites for hydroxylation is 1. The summed E-state index contributed by atoms with van der Waals surface area (Å²) >= 11 is 6.46. The summed E-state index contributed by atoms with van der Waals surface area (Å²) in [6.45, 7) is -1.58. The van der Waals surface area contributed by atoms with Crippen LogP contribution in [0.1, 0.15) is 35.2 Å². The van der Waals surface area contributed by atoms with Crippen LogP contribution >= 0.6 is 11.6 Å². The van der Waals surface area contributed by atoms with Gasteiger partial charge in [-0.3, -0.25) is 4.79 Å². The molecule has 0 unspecified atom stereocenters. The first-order valence-corrected chi connectivity index (χ1v) is 11.6. The average molecular weight is 480 g/mol.